The van der Waals surface area contributed by atoms with Gasteiger partial charge in [0.25, 0.3) is 5.91 Å². The van der Waals surface area contributed by atoms with E-state index in [9.17, 15) is 4.79 Å². The van der Waals surface area contributed by atoms with Crippen molar-refractivity contribution in [1.29, 1.82) is 0 Å². The van der Waals surface area contributed by atoms with Gasteiger partial charge in [0.1, 0.15) is 0 Å². The van der Waals surface area contributed by atoms with Crippen molar-refractivity contribution >= 4 is 27.5 Å². The van der Waals surface area contributed by atoms with Gasteiger partial charge in [-0.3, -0.25) is 4.79 Å². The molecule has 0 aromatic heterocycles. The number of amides is 1. The summed E-state index contributed by atoms with van der Waals surface area (Å²) in [6.45, 7) is 5.12. The van der Waals surface area contributed by atoms with E-state index in [1.807, 2.05) is 38.1 Å². The molecule has 3 rings (SSSR count). The summed E-state index contributed by atoms with van der Waals surface area (Å²) in [7, 11) is 0. The lowest BCUT2D eigenvalue weighted by Gasteiger charge is -2.13. The van der Waals surface area contributed by atoms with Gasteiger partial charge in [0.2, 0.25) is 0 Å². The molecule has 120 valence electrons. The lowest BCUT2D eigenvalue weighted by molar-refractivity contribution is 0.102. The standard InChI is InChI=1S/C18H18BrNO3/c1-11-9-16-17(23-7-3-6-22-16)10-14(11)18(21)20-13-4-5-15(19)12(2)8-13/h4-5,8-10H,3,6-7H2,1-2H3,(H,20,21). The molecule has 0 radical (unpaired) electrons. The molecule has 0 atom stereocenters. The average Bonchev–Trinajstić information content (AvgIpc) is 2.74. The van der Waals surface area contributed by atoms with Crippen LogP contribution in [0.25, 0.3) is 0 Å². The number of benzene rings is 2. The van der Waals surface area contributed by atoms with Crippen molar-refractivity contribution in [2.24, 2.45) is 0 Å². The SMILES string of the molecule is Cc1cc(NC(=O)c2cc3c(cc2C)OCCCO3)ccc1Br. The molecule has 0 saturated heterocycles. The Morgan fingerprint density at radius 1 is 1.04 bits per heavy atom. The monoisotopic (exact) mass is 375 g/mol. The fraction of sp³-hybridized carbons (Fsp3) is 0.278. The van der Waals surface area contributed by atoms with E-state index < -0.39 is 0 Å². The lowest BCUT2D eigenvalue weighted by Crippen LogP contribution is -2.14. The molecule has 4 nitrogen and oxygen atoms in total. The van der Waals surface area contributed by atoms with Gasteiger partial charge in [0.15, 0.2) is 11.5 Å². The molecule has 0 saturated carbocycles. The molecule has 1 N–H and O–H groups in total. The molecule has 0 unspecified atom stereocenters. The van der Waals surface area contributed by atoms with Crippen molar-refractivity contribution in [3.05, 3.63) is 51.5 Å². The highest BCUT2D eigenvalue weighted by atomic mass is 79.9. The minimum Gasteiger partial charge on any atom is -0.490 e. The Morgan fingerprint density at radius 3 is 2.43 bits per heavy atom. The summed E-state index contributed by atoms with van der Waals surface area (Å²) < 4.78 is 12.3. The van der Waals surface area contributed by atoms with E-state index in [2.05, 4.69) is 21.2 Å². The van der Waals surface area contributed by atoms with Crippen molar-refractivity contribution in [3.63, 3.8) is 0 Å². The van der Waals surface area contributed by atoms with Crippen molar-refractivity contribution in [2.45, 2.75) is 20.3 Å². The third kappa shape index (κ3) is 3.50. The summed E-state index contributed by atoms with van der Waals surface area (Å²) in [4.78, 5) is 12.6. The minimum atomic E-state index is -0.153. The number of aryl methyl sites for hydroxylation is 2. The number of halogens is 1. The first-order valence-electron chi connectivity index (χ1n) is 7.52. The number of rotatable bonds is 2. The first kappa shape index (κ1) is 15.9. The van der Waals surface area contributed by atoms with Crippen molar-refractivity contribution in [2.75, 3.05) is 18.5 Å². The first-order chi connectivity index (χ1) is 11.0. The maximum absolute atomic E-state index is 12.6. The summed E-state index contributed by atoms with van der Waals surface area (Å²) in [5.74, 6) is 1.18. The highest BCUT2D eigenvalue weighted by molar-refractivity contribution is 9.10. The lowest BCUT2D eigenvalue weighted by atomic mass is 10.1. The molecule has 1 aliphatic heterocycles. The molecule has 0 bridgehead atoms. The number of hydrogen-bond donors (Lipinski definition) is 1. The van der Waals surface area contributed by atoms with Crippen molar-refractivity contribution in [3.8, 4) is 11.5 Å². The zero-order valence-electron chi connectivity index (χ0n) is 13.1. The molecule has 1 heterocycles. The maximum Gasteiger partial charge on any atom is 0.256 e. The molecule has 1 aliphatic rings. The smallest absolute Gasteiger partial charge is 0.256 e. The summed E-state index contributed by atoms with van der Waals surface area (Å²) in [5.41, 5.74) is 3.29. The van der Waals surface area contributed by atoms with Crippen LogP contribution in [-0.2, 0) is 0 Å². The minimum absolute atomic E-state index is 0.153. The van der Waals surface area contributed by atoms with E-state index in [1.54, 1.807) is 6.07 Å². The van der Waals surface area contributed by atoms with Gasteiger partial charge in [-0.25, -0.2) is 0 Å². The summed E-state index contributed by atoms with van der Waals surface area (Å²) in [6.07, 6.45) is 0.841. The van der Waals surface area contributed by atoms with Crippen LogP contribution in [-0.4, -0.2) is 19.1 Å². The summed E-state index contributed by atoms with van der Waals surface area (Å²) in [5, 5.41) is 2.93. The van der Waals surface area contributed by atoms with Crippen LogP contribution in [0.4, 0.5) is 5.69 Å². The van der Waals surface area contributed by atoms with Crippen LogP contribution < -0.4 is 14.8 Å². The number of carbonyl (C=O) groups is 1. The molecule has 5 heteroatoms. The Labute approximate surface area is 143 Å². The van der Waals surface area contributed by atoms with E-state index in [1.165, 1.54) is 0 Å². The Bertz CT molecular complexity index is 758. The molecule has 1 amide bonds. The van der Waals surface area contributed by atoms with Gasteiger partial charge in [0.05, 0.1) is 13.2 Å². The predicted molar refractivity (Wildman–Crippen MR) is 93.6 cm³/mol. The molecular weight excluding hydrogens is 358 g/mol. The van der Waals surface area contributed by atoms with Gasteiger partial charge < -0.3 is 14.8 Å². The third-order valence-corrected chi connectivity index (χ3v) is 4.64. The van der Waals surface area contributed by atoms with Crippen molar-refractivity contribution < 1.29 is 14.3 Å². The van der Waals surface area contributed by atoms with Gasteiger partial charge in [-0.2, -0.15) is 0 Å². The maximum atomic E-state index is 12.6. The van der Waals surface area contributed by atoms with Gasteiger partial charge in [0, 0.05) is 22.1 Å². The summed E-state index contributed by atoms with van der Waals surface area (Å²) >= 11 is 3.46. The largest absolute Gasteiger partial charge is 0.490 e. The number of anilines is 1. The third-order valence-electron chi connectivity index (χ3n) is 3.75. The zero-order chi connectivity index (χ0) is 16.4. The fourth-order valence-electron chi connectivity index (χ4n) is 2.48. The zero-order valence-corrected chi connectivity index (χ0v) is 14.7. The highest BCUT2D eigenvalue weighted by Crippen LogP contribution is 2.33. The number of nitrogens with one attached hydrogen (secondary N) is 1. The van der Waals surface area contributed by atoms with Crippen LogP contribution in [0.5, 0.6) is 11.5 Å². The van der Waals surface area contributed by atoms with Gasteiger partial charge >= 0.3 is 0 Å². The van der Waals surface area contributed by atoms with Crippen LogP contribution in [0.1, 0.15) is 27.9 Å². The Morgan fingerprint density at radius 2 is 1.74 bits per heavy atom. The molecule has 0 spiro atoms. The first-order valence-corrected chi connectivity index (χ1v) is 8.31. The number of carbonyl (C=O) groups excluding carboxylic acids is 1. The number of ether oxygens (including phenoxy) is 2. The molecule has 2 aromatic rings. The summed E-state index contributed by atoms with van der Waals surface area (Å²) in [6, 6.07) is 9.35. The normalized spacial score (nSPS) is 13.3. The molecular formula is C18H18BrNO3. The number of fused-ring (bicyclic) bond motifs is 1. The molecule has 2 aromatic carbocycles. The molecule has 0 aliphatic carbocycles. The van der Waals surface area contributed by atoms with E-state index in [4.69, 9.17) is 9.47 Å². The Balaban J connectivity index is 1.87. The van der Waals surface area contributed by atoms with Gasteiger partial charge in [-0.05, 0) is 55.3 Å². The molecule has 0 fully saturated rings. The van der Waals surface area contributed by atoms with Crippen LogP contribution in [0.15, 0.2) is 34.8 Å². The quantitative estimate of drug-likeness (QED) is 0.841. The van der Waals surface area contributed by atoms with E-state index in [0.717, 1.165) is 27.7 Å². The van der Waals surface area contributed by atoms with Crippen molar-refractivity contribution in [1.82, 2.24) is 0 Å². The van der Waals surface area contributed by atoms with Gasteiger partial charge in [-0.15, -0.1) is 0 Å². The van der Waals surface area contributed by atoms with Crippen LogP contribution >= 0.6 is 15.9 Å². The second-order valence-corrected chi connectivity index (χ2v) is 6.44. The van der Waals surface area contributed by atoms with Gasteiger partial charge in [-0.1, -0.05) is 15.9 Å². The predicted octanol–water partition coefficient (Wildman–Crippen LogP) is 4.48. The second-order valence-electron chi connectivity index (χ2n) is 5.58. The van der Waals surface area contributed by atoms with E-state index >= 15 is 0 Å². The average molecular weight is 376 g/mol. The van der Waals surface area contributed by atoms with E-state index in [0.29, 0.717) is 30.3 Å². The van der Waals surface area contributed by atoms with E-state index in [-0.39, 0.29) is 5.91 Å². The Hall–Kier alpha value is -2.01. The Kier molecular flexibility index (Phi) is 4.57. The van der Waals surface area contributed by atoms with Crippen LogP contribution in [0, 0.1) is 13.8 Å². The highest BCUT2D eigenvalue weighted by Gasteiger charge is 2.17. The second kappa shape index (κ2) is 6.62. The topological polar surface area (TPSA) is 47.6 Å². The molecule has 23 heavy (non-hydrogen) atoms. The van der Waals surface area contributed by atoms with Crippen LogP contribution in [0.3, 0.4) is 0 Å². The van der Waals surface area contributed by atoms with Crippen LogP contribution in [0.2, 0.25) is 0 Å². The fourth-order valence-corrected chi connectivity index (χ4v) is 2.72. The number of hydrogen-bond acceptors (Lipinski definition) is 3.